The minimum Gasteiger partial charge on any atom is -0.492 e. The quantitative estimate of drug-likeness (QED) is 0.867. The molecular weight excluding hydrogens is 254 g/mol. The first-order valence-corrected chi connectivity index (χ1v) is 6.44. The molecule has 0 spiro atoms. The number of rotatable bonds is 5. The van der Waals surface area contributed by atoms with E-state index in [4.69, 9.17) is 9.84 Å². The Bertz CT molecular complexity index is 623. The lowest BCUT2D eigenvalue weighted by molar-refractivity contribution is 0.0697. The van der Waals surface area contributed by atoms with E-state index in [1.54, 1.807) is 18.2 Å². The van der Waals surface area contributed by atoms with Crippen LogP contribution in [0.25, 0.3) is 0 Å². The fraction of sp³-hybridized carbons (Fsp3) is 0.188. The van der Waals surface area contributed by atoms with Gasteiger partial charge in [-0.05, 0) is 49.7 Å². The molecular formula is C16H17NO3. The van der Waals surface area contributed by atoms with Gasteiger partial charge in [-0.1, -0.05) is 12.1 Å². The molecule has 0 aliphatic carbocycles. The average Bonchev–Trinajstić information content (AvgIpc) is 2.43. The Morgan fingerprint density at radius 1 is 1.20 bits per heavy atom. The molecule has 4 heteroatoms. The summed E-state index contributed by atoms with van der Waals surface area (Å²) in [6, 6.07) is 12.7. The first-order chi connectivity index (χ1) is 9.61. The second-order valence-electron chi connectivity index (χ2n) is 4.39. The number of benzene rings is 2. The zero-order valence-corrected chi connectivity index (χ0v) is 11.5. The van der Waals surface area contributed by atoms with E-state index in [0.29, 0.717) is 6.61 Å². The molecule has 0 amide bonds. The smallest absolute Gasteiger partial charge is 0.335 e. The minimum absolute atomic E-state index is 0.283. The van der Waals surface area contributed by atoms with Gasteiger partial charge in [0.2, 0.25) is 0 Å². The predicted octanol–water partition coefficient (Wildman–Crippen LogP) is 3.84. The van der Waals surface area contributed by atoms with Crippen LogP contribution in [0.3, 0.4) is 0 Å². The van der Waals surface area contributed by atoms with Gasteiger partial charge in [0.05, 0.1) is 17.9 Å². The normalized spacial score (nSPS) is 10.1. The lowest BCUT2D eigenvalue weighted by atomic mass is 10.1. The van der Waals surface area contributed by atoms with Crippen LogP contribution in [-0.2, 0) is 0 Å². The molecule has 0 radical (unpaired) electrons. The summed E-state index contributed by atoms with van der Waals surface area (Å²) in [6.45, 7) is 4.40. The molecule has 0 heterocycles. The van der Waals surface area contributed by atoms with Crippen LogP contribution in [0, 0.1) is 6.92 Å². The average molecular weight is 271 g/mol. The number of carboxylic acid groups (broad SMARTS) is 1. The number of aryl methyl sites for hydroxylation is 1. The van der Waals surface area contributed by atoms with Crippen LogP contribution >= 0.6 is 0 Å². The van der Waals surface area contributed by atoms with Crippen LogP contribution < -0.4 is 10.1 Å². The van der Waals surface area contributed by atoms with Crippen LogP contribution in [0.2, 0.25) is 0 Å². The highest BCUT2D eigenvalue weighted by molar-refractivity contribution is 5.88. The molecule has 0 aromatic heterocycles. The molecule has 0 atom stereocenters. The molecule has 2 aromatic rings. The Morgan fingerprint density at radius 3 is 2.60 bits per heavy atom. The first-order valence-electron chi connectivity index (χ1n) is 6.44. The van der Waals surface area contributed by atoms with Crippen molar-refractivity contribution >= 4 is 17.3 Å². The fourth-order valence-corrected chi connectivity index (χ4v) is 1.93. The molecule has 0 unspecified atom stereocenters. The third kappa shape index (κ3) is 3.09. The number of carboxylic acids is 1. The summed E-state index contributed by atoms with van der Waals surface area (Å²) in [6.07, 6.45) is 0. The number of ether oxygens (including phenoxy) is 1. The zero-order valence-electron chi connectivity index (χ0n) is 11.5. The molecule has 0 aliphatic heterocycles. The van der Waals surface area contributed by atoms with Crippen LogP contribution in [0.4, 0.5) is 11.4 Å². The van der Waals surface area contributed by atoms with Gasteiger partial charge >= 0.3 is 5.97 Å². The Hall–Kier alpha value is -2.49. The van der Waals surface area contributed by atoms with E-state index in [1.807, 2.05) is 38.1 Å². The van der Waals surface area contributed by atoms with Crippen LogP contribution in [0.5, 0.6) is 5.75 Å². The number of carbonyl (C=O) groups is 1. The van der Waals surface area contributed by atoms with E-state index < -0.39 is 5.97 Å². The van der Waals surface area contributed by atoms with Crippen molar-refractivity contribution in [2.24, 2.45) is 0 Å². The molecule has 0 saturated heterocycles. The van der Waals surface area contributed by atoms with Gasteiger partial charge in [0.15, 0.2) is 0 Å². The Morgan fingerprint density at radius 2 is 1.95 bits per heavy atom. The van der Waals surface area contributed by atoms with Crippen LogP contribution in [0.15, 0.2) is 42.5 Å². The summed E-state index contributed by atoms with van der Waals surface area (Å²) < 4.78 is 5.55. The molecule has 4 nitrogen and oxygen atoms in total. The SMILES string of the molecule is CCOc1ccccc1Nc1ccc(C(=O)O)cc1C. The zero-order chi connectivity index (χ0) is 14.5. The summed E-state index contributed by atoms with van der Waals surface area (Å²) in [5.74, 6) is -0.147. The van der Waals surface area contributed by atoms with Crippen LogP contribution in [-0.4, -0.2) is 17.7 Å². The molecule has 0 saturated carbocycles. The largest absolute Gasteiger partial charge is 0.492 e. The highest BCUT2D eigenvalue weighted by atomic mass is 16.5. The predicted molar refractivity (Wildman–Crippen MR) is 79.0 cm³/mol. The van der Waals surface area contributed by atoms with Crippen LogP contribution in [0.1, 0.15) is 22.8 Å². The van der Waals surface area contributed by atoms with Gasteiger partial charge in [-0.3, -0.25) is 0 Å². The van der Waals surface area contributed by atoms with Gasteiger partial charge in [-0.2, -0.15) is 0 Å². The number of nitrogens with one attached hydrogen (secondary N) is 1. The van der Waals surface area contributed by atoms with Crippen molar-refractivity contribution in [2.45, 2.75) is 13.8 Å². The number of hydrogen-bond donors (Lipinski definition) is 2. The summed E-state index contributed by atoms with van der Waals surface area (Å²) in [7, 11) is 0. The fourth-order valence-electron chi connectivity index (χ4n) is 1.93. The standard InChI is InChI=1S/C16H17NO3/c1-3-20-15-7-5-4-6-14(15)17-13-9-8-12(16(18)19)10-11(13)2/h4-10,17H,3H2,1-2H3,(H,18,19). The summed E-state index contributed by atoms with van der Waals surface area (Å²) in [5, 5.41) is 12.2. The van der Waals surface area contributed by atoms with Crippen molar-refractivity contribution < 1.29 is 14.6 Å². The highest BCUT2D eigenvalue weighted by Gasteiger charge is 2.08. The van der Waals surface area contributed by atoms with Crippen molar-refractivity contribution in [2.75, 3.05) is 11.9 Å². The minimum atomic E-state index is -0.922. The second kappa shape index (κ2) is 6.10. The monoisotopic (exact) mass is 271 g/mol. The molecule has 0 bridgehead atoms. The number of para-hydroxylation sites is 2. The third-order valence-corrected chi connectivity index (χ3v) is 2.93. The van der Waals surface area contributed by atoms with Gasteiger partial charge in [-0.15, -0.1) is 0 Å². The molecule has 2 N–H and O–H groups in total. The summed E-state index contributed by atoms with van der Waals surface area (Å²) in [4.78, 5) is 10.9. The third-order valence-electron chi connectivity index (χ3n) is 2.93. The molecule has 104 valence electrons. The van der Waals surface area contributed by atoms with E-state index in [9.17, 15) is 4.79 Å². The molecule has 2 aromatic carbocycles. The lowest BCUT2D eigenvalue weighted by Crippen LogP contribution is -2.01. The van der Waals surface area contributed by atoms with E-state index in [2.05, 4.69) is 5.32 Å². The van der Waals surface area contributed by atoms with Gasteiger partial charge in [-0.25, -0.2) is 4.79 Å². The highest BCUT2D eigenvalue weighted by Crippen LogP contribution is 2.29. The van der Waals surface area contributed by atoms with E-state index in [-0.39, 0.29) is 5.56 Å². The van der Waals surface area contributed by atoms with Crippen molar-refractivity contribution in [3.05, 3.63) is 53.6 Å². The van der Waals surface area contributed by atoms with Crippen molar-refractivity contribution in [1.82, 2.24) is 0 Å². The maximum Gasteiger partial charge on any atom is 0.335 e. The van der Waals surface area contributed by atoms with Crippen molar-refractivity contribution in [1.29, 1.82) is 0 Å². The second-order valence-corrected chi connectivity index (χ2v) is 4.39. The number of aromatic carboxylic acids is 1. The lowest BCUT2D eigenvalue weighted by Gasteiger charge is -2.14. The Kier molecular flexibility index (Phi) is 4.25. The van der Waals surface area contributed by atoms with Gasteiger partial charge in [0, 0.05) is 5.69 Å². The topological polar surface area (TPSA) is 58.6 Å². The van der Waals surface area contributed by atoms with E-state index in [1.165, 1.54) is 0 Å². The maximum absolute atomic E-state index is 10.9. The molecule has 20 heavy (non-hydrogen) atoms. The Balaban J connectivity index is 2.28. The first kappa shape index (κ1) is 13.9. The van der Waals surface area contributed by atoms with E-state index >= 15 is 0 Å². The van der Waals surface area contributed by atoms with Gasteiger partial charge in [0.25, 0.3) is 0 Å². The van der Waals surface area contributed by atoms with Gasteiger partial charge in [0.1, 0.15) is 5.75 Å². The summed E-state index contributed by atoms with van der Waals surface area (Å²) >= 11 is 0. The van der Waals surface area contributed by atoms with Crippen molar-refractivity contribution in [3.63, 3.8) is 0 Å². The number of anilines is 2. The summed E-state index contributed by atoms with van der Waals surface area (Å²) in [5.41, 5.74) is 2.88. The molecule has 0 fully saturated rings. The Labute approximate surface area is 118 Å². The van der Waals surface area contributed by atoms with Crippen molar-refractivity contribution in [3.8, 4) is 5.75 Å². The maximum atomic E-state index is 10.9. The number of hydrogen-bond acceptors (Lipinski definition) is 3. The molecule has 0 aliphatic rings. The van der Waals surface area contributed by atoms with Gasteiger partial charge < -0.3 is 15.2 Å². The van der Waals surface area contributed by atoms with E-state index in [0.717, 1.165) is 22.7 Å². The molecule has 2 rings (SSSR count).